The average Bonchev–Trinajstić information content (AvgIpc) is 2.72. The van der Waals surface area contributed by atoms with Gasteiger partial charge in [-0.1, -0.05) is 0 Å². The fraction of sp³-hybridized carbons (Fsp3) is 0.500. The summed E-state index contributed by atoms with van der Waals surface area (Å²) in [7, 11) is 1.91. The highest BCUT2D eigenvalue weighted by molar-refractivity contribution is 6.02. The summed E-state index contributed by atoms with van der Waals surface area (Å²) in [6.45, 7) is 1.36. The molecule has 0 bridgehead atoms. The van der Waals surface area contributed by atoms with Gasteiger partial charge in [-0.2, -0.15) is 0 Å². The molecular weight excluding hydrogens is 277 g/mol. The predicted molar refractivity (Wildman–Crippen MR) is 73.0 cm³/mol. The molecule has 2 saturated heterocycles. The van der Waals surface area contributed by atoms with Gasteiger partial charge in [0, 0.05) is 38.2 Å². The Morgan fingerprint density at radius 3 is 2.86 bits per heavy atom. The lowest BCUT2D eigenvalue weighted by atomic mass is 9.85. The van der Waals surface area contributed by atoms with Gasteiger partial charge in [0.05, 0.1) is 5.56 Å². The van der Waals surface area contributed by atoms with Crippen LogP contribution in [-0.2, 0) is 4.79 Å². The van der Waals surface area contributed by atoms with Crippen LogP contribution in [0.15, 0.2) is 18.3 Å². The summed E-state index contributed by atoms with van der Waals surface area (Å²) in [5.41, 5.74) is -1.78. The lowest BCUT2D eigenvalue weighted by Gasteiger charge is -2.34. The van der Waals surface area contributed by atoms with Gasteiger partial charge in [0.2, 0.25) is 0 Å². The van der Waals surface area contributed by atoms with Gasteiger partial charge in [-0.05, 0) is 19.2 Å². The third kappa shape index (κ3) is 2.17. The van der Waals surface area contributed by atoms with Crippen LogP contribution >= 0.6 is 0 Å². The van der Waals surface area contributed by atoms with Gasteiger partial charge in [-0.25, -0.2) is 14.2 Å². The molecule has 7 heteroatoms. The number of anilines is 1. The summed E-state index contributed by atoms with van der Waals surface area (Å²) in [5, 5.41) is 8.85. The van der Waals surface area contributed by atoms with E-state index in [4.69, 9.17) is 5.11 Å². The van der Waals surface area contributed by atoms with Crippen LogP contribution in [0.5, 0.6) is 0 Å². The van der Waals surface area contributed by atoms with Crippen LogP contribution in [-0.4, -0.2) is 59.2 Å². The Morgan fingerprint density at radius 2 is 2.24 bits per heavy atom. The molecule has 3 heterocycles. The number of carbonyl (C=O) groups is 2. The highest BCUT2D eigenvalue weighted by Crippen LogP contribution is 2.40. The van der Waals surface area contributed by atoms with Gasteiger partial charge < -0.3 is 10.0 Å². The molecule has 2 aliphatic heterocycles. The summed E-state index contributed by atoms with van der Waals surface area (Å²) in [4.78, 5) is 30.5. The van der Waals surface area contributed by atoms with Gasteiger partial charge in [-0.15, -0.1) is 0 Å². The molecule has 2 aliphatic rings. The number of rotatable bonds is 2. The summed E-state index contributed by atoms with van der Waals surface area (Å²) >= 11 is 0. The van der Waals surface area contributed by atoms with Crippen molar-refractivity contribution in [2.45, 2.75) is 12.1 Å². The van der Waals surface area contributed by atoms with Crippen molar-refractivity contribution >= 4 is 17.7 Å². The van der Waals surface area contributed by atoms with Gasteiger partial charge in [0.15, 0.2) is 5.67 Å². The molecule has 1 aromatic heterocycles. The number of carboxylic acids is 1. The van der Waals surface area contributed by atoms with Crippen molar-refractivity contribution in [3.05, 3.63) is 23.9 Å². The standard InChI is InChI=1S/C14H16FN3O3/c1-17-5-4-14(15)10(7-17)8-18(13(14)21)11-3-2-9(6-16-11)12(19)20/h2-3,6,10H,4-5,7-8H2,1H3,(H,19,20)/t10-,14+/m0/s1. The lowest BCUT2D eigenvalue weighted by molar-refractivity contribution is -0.131. The van der Waals surface area contributed by atoms with Gasteiger partial charge in [-0.3, -0.25) is 9.69 Å². The number of aromatic carboxylic acids is 1. The second-order valence-corrected chi connectivity index (χ2v) is 5.70. The van der Waals surface area contributed by atoms with Crippen molar-refractivity contribution < 1.29 is 19.1 Å². The molecule has 6 nitrogen and oxygen atoms in total. The molecule has 0 aliphatic carbocycles. The topological polar surface area (TPSA) is 73.7 Å². The van der Waals surface area contributed by atoms with Crippen LogP contribution in [0.2, 0.25) is 0 Å². The van der Waals surface area contributed by atoms with Crippen LogP contribution < -0.4 is 4.90 Å². The van der Waals surface area contributed by atoms with Crippen molar-refractivity contribution in [3.63, 3.8) is 0 Å². The van der Waals surface area contributed by atoms with E-state index in [2.05, 4.69) is 4.98 Å². The van der Waals surface area contributed by atoms with Crippen LogP contribution in [0.25, 0.3) is 0 Å². The molecule has 2 fully saturated rings. The molecule has 0 aromatic carbocycles. The monoisotopic (exact) mass is 293 g/mol. The molecule has 0 spiro atoms. The minimum Gasteiger partial charge on any atom is -0.478 e. The minimum absolute atomic E-state index is 0.0394. The quantitative estimate of drug-likeness (QED) is 0.872. The maximum atomic E-state index is 14.9. The van der Waals surface area contributed by atoms with Crippen LogP contribution in [0.4, 0.5) is 10.2 Å². The van der Waals surface area contributed by atoms with E-state index >= 15 is 0 Å². The van der Waals surface area contributed by atoms with Crippen LogP contribution in [0.3, 0.4) is 0 Å². The second-order valence-electron chi connectivity index (χ2n) is 5.70. The molecule has 2 atom stereocenters. The fourth-order valence-corrected chi connectivity index (χ4v) is 3.05. The number of hydrogen-bond donors (Lipinski definition) is 1. The first kappa shape index (κ1) is 13.9. The Kier molecular flexibility index (Phi) is 3.16. The molecule has 1 aromatic rings. The van der Waals surface area contributed by atoms with Gasteiger partial charge >= 0.3 is 5.97 Å². The molecule has 112 valence electrons. The zero-order chi connectivity index (χ0) is 15.2. The van der Waals surface area contributed by atoms with Crippen LogP contribution in [0.1, 0.15) is 16.8 Å². The number of halogens is 1. The van der Waals surface area contributed by atoms with Crippen molar-refractivity contribution in [2.75, 3.05) is 31.6 Å². The first-order valence-corrected chi connectivity index (χ1v) is 6.80. The van der Waals surface area contributed by atoms with Crippen molar-refractivity contribution in [1.29, 1.82) is 0 Å². The zero-order valence-corrected chi connectivity index (χ0v) is 11.6. The molecule has 0 radical (unpaired) electrons. The SMILES string of the molecule is CN1CC[C@]2(F)C(=O)N(c3ccc(C(=O)O)cn3)C[C@@H]2C1. The largest absolute Gasteiger partial charge is 0.478 e. The Balaban J connectivity index is 1.87. The Bertz CT molecular complexity index is 592. The normalized spacial score (nSPS) is 29.5. The second kappa shape index (κ2) is 4.77. The van der Waals surface area contributed by atoms with E-state index in [1.165, 1.54) is 23.2 Å². The van der Waals surface area contributed by atoms with Crippen molar-refractivity contribution in [2.24, 2.45) is 5.92 Å². The maximum absolute atomic E-state index is 14.9. The first-order valence-electron chi connectivity index (χ1n) is 6.80. The van der Waals surface area contributed by atoms with Gasteiger partial charge in [0.25, 0.3) is 5.91 Å². The van der Waals surface area contributed by atoms with E-state index in [-0.39, 0.29) is 24.4 Å². The Labute approximate surface area is 121 Å². The molecule has 1 amide bonds. The van der Waals surface area contributed by atoms with Gasteiger partial charge in [0.1, 0.15) is 5.82 Å². The Hall–Kier alpha value is -2.02. The van der Waals surface area contributed by atoms with E-state index in [1.54, 1.807) is 0 Å². The lowest BCUT2D eigenvalue weighted by Crippen LogP contribution is -2.49. The number of nitrogens with zero attached hydrogens (tertiary/aromatic N) is 3. The van der Waals surface area contributed by atoms with E-state index in [0.717, 1.165) is 0 Å². The Morgan fingerprint density at radius 1 is 1.48 bits per heavy atom. The number of piperidine rings is 1. The molecule has 1 N–H and O–H groups in total. The summed E-state index contributed by atoms with van der Waals surface area (Å²) in [6, 6.07) is 2.82. The maximum Gasteiger partial charge on any atom is 0.337 e. The summed E-state index contributed by atoms with van der Waals surface area (Å²) in [6.07, 6.45) is 1.38. The smallest absolute Gasteiger partial charge is 0.337 e. The van der Waals surface area contributed by atoms with Crippen molar-refractivity contribution in [3.8, 4) is 0 Å². The third-order valence-electron chi connectivity index (χ3n) is 4.31. The molecule has 3 rings (SSSR count). The number of carbonyl (C=O) groups excluding carboxylic acids is 1. The molecule has 21 heavy (non-hydrogen) atoms. The summed E-state index contributed by atoms with van der Waals surface area (Å²) < 4.78 is 14.9. The molecule has 0 unspecified atom stereocenters. The highest BCUT2D eigenvalue weighted by atomic mass is 19.1. The predicted octanol–water partition coefficient (Wildman–Crippen LogP) is 0.786. The zero-order valence-electron chi connectivity index (χ0n) is 11.6. The van der Waals surface area contributed by atoms with E-state index in [1.807, 2.05) is 11.9 Å². The van der Waals surface area contributed by atoms with E-state index in [9.17, 15) is 14.0 Å². The van der Waals surface area contributed by atoms with E-state index < -0.39 is 17.5 Å². The number of pyridine rings is 1. The number of amides is 1. The van der Waals surface area contributed by atoms with E-state index in [0.29, 0.717) is 18.9 Å². The fourth-order valence-electron chi connectivity index (χ4n) is 3.05. The number of carboxylic acid groups (broad SMARTS) is 1. The average molecular weight is 293 g/mol. The highest BCUT2D eigenvalue weighted by Gasteiger charge is 2.57. The third-order valence-corrected chi connectivity index (χ3v) is 4.31. The first-order chi connectivity index (χ1) is 9.91. The molecular formula is C14H16FN3O3. The number of hydrogen-bond acceptors (Lipinski definition) is 4. The number of likely N-dealkylation sites (tertiary alicyclic amines) is 1. The summed E-state index contributed by atoms with van der Waals surface area (Å²) in [5.74, 6) is -1.71. The van der Waals surface area contributed by atoms with Crippen molar-refractivity contribution in [1.82, 2.24) is 9.88 Å². The minimum atomic E-state index is -1.82. The number of fused-ring (bicyclic) bond motifs is 1. The van der Waals surface area contributed by atoms with Crippen LogP contribution in [0, 0.1) is 5.92 Å². The molecule has 0 saturated carbocycles. The number of aromatic nitrogens is 1. The number of alkyl halides is 1.